The summed E-state index contributed by atoms with van der Waals surface area (Å²) in [6.45, 7) is 3.46. The molecule has 4 aromatic rings. The zero-order chi connectivity index (χ0) is 27.8. The van der Waals surface area contributed by atoms with Crippen LogP contribution in [0.1, 0.15) is 31.7 Å². The third-order valence-electron chi connectivity index (χ3n) is 6.58. The van der Waals surface area contributed by atoms with Crippen molar-refractivity contribution < 1.29 is 31.5 Å². The van der Waals surface area contributed by atoms with Gasteiger partial charge in [-0.25, -0.2) is 27.8 Å². The lowest BCUT2D eigenvalue weighted by Crippen LogP contribution is -2.37. The van der Waals surface area contributed by atoms with E-state index in [0.717, 1.165) is 6.07 Å². The van der Waals surface area contributed by atoms with Crippen LogP contribution in [0.4, 0.5) is 27.8 Å². The van der Waals surface area contributed by atoms with Gasteiger partial charge < -0.3 is 15.8 Å². The number of benzene rings is 2. The van der Waals surface area contributed by atoms with Gasteiger partial charge in [-0.05, 0) is 43.9 Å². The number of fused-ring (bicyclic) bond motifs is 1. The van der Waals surface area contributed by atoms with Gasteiger partial charge in [0.25, 0.3) is 0 Å². The Kier molecular flexibility index (Phi) is 6.89. The molecule has 0 spiro atoms. The smallest absolute Gasteiger partial charge is 0.243 e. The predicted molar refractivity (Wildman–Crippen MR) is 131 cm³/mol. The Morgan fingerprint density at radius 1 is 1.03 bits per heavy atom. The number of rotatable bonds is 6. The number of nitrogens with one attached hydrogen (secondary N) is 1. The van der Waals surface area contributed by atoms with E-state index >= 15 is 4.39 Å². The summed E-state index contributed by atoms with van der Waals surface area (Å²) in [7, 11) is 0. The second-order valence-electron chi connectivity index (χ2n) is 9.01. The fourth-order valence-corrected chi connectivity index (χ4v) is 4.67. The van der Waals surface area contributed by atoms with Crippen molar-refractivity contribution in [3.8, 4) is 22.8 Å². The standard InChI is InChI=1S/C26H21F5N6O2/c1-2-19(38)35-12-3-5-13(6-4-12)37-26-20(25(32)33-11-34-26)23(36-37)15-8-7-14(9-16(15)27)39-24-21(30)17(28)10-18(29)22(24)31/h2,7-13H,1,3-6H2,(H,35,38)(H2,32,33,34). The number of ether oxygens (including phenoxy) is 1. The number of carbonyl (C=O) groups is 1. The highest BCUT2D eigenvalue weighted by Crippen LogP contribution is 2.38. The van der Waals surface area contributed by atoms with E-state index < -0.39 is 40.6 Å². The van der Waals surface area contributed by atoms with Crippen LogP contribution in [-0.4, -0.2) is 31.7 Å². The van der Waals surface area contributed by atoms with Crippen molar-refractivity contribution >= 4 is 22.8 Å². The van der Waals surface area contributed by atoms with Crippen LogP contribution in [0.3, 0.4) is 0 Å². The molecule has 39 heavy (non-hydrogen) atoms. The molecule has 8 nitrogen and oxygen atoms in total. The molecule has 2 aromatic heterocycles. The van der Waals surface area contributed by atoms with Gasteiger partial charge in [0.15, 0.2) is 17.3 Å². The summed E-state index contributed by atoms with van der Waals surface area (Å²) >= 11 is 0. The van der Waals surface area contributed by atoms with E-state index in [1.54, 1.807) is 4.68 Å². The van der Waals surface area contributed by atoms with Crippen molar-refractivity contribution in [1.29, 1.82) is 0 Å². The van der Waals surface area contributed by atoms with Gasteiger partial charge in [-0.3, -0.25) is 4.79 Å². The summed E-state index contributed by atoms with van der Waals surface area (Å²) in [5.41, 5.74) is 6.59. The number of hydrogen-bond acceptors (Lipinski definition) is 6. The number of carbonyl (C=O) groups excluding carboxylic acids is 1. The average Bonchev–Trinajstić information content (AvgIpc) is 3.31. The lowest BCUT2D eigenvalue weighted by atomic mass is 9.91. The minimum Gasteiger partial charge on any atom is -0.451 e. The van der Waals surface area contributed by atoms with E-state index in [0.29, 0.717) is 36.7 Å². The molecule has 0 aliphatic heterocycles. The predicted octanol–water partition coefficient (Wildman–Crippen LogP) is 5.35. The molecule has 202 valence electrons. The van der Waals surface area contributed by atoms with Gasteiger partial charge in [0.05, 0.1) is 11.4 Å². The monoisotopic (exact) mass is 544 g/mol. The summed E-state index contributed by atoms with van der Waals surface area (Å²) in [5.74, 6) is -9.68. The van der Waals surface area contributed by atoms with E-state index in [4.69, 9.17) is 10.5 Å². The number of aromatic nitrogens is 4. The number of nitrogens with two attached hydrogens (primary N) is 1. The maximum atomic E-state index is 15.3. The van der Waals surface area contributed by atoms with Crippen molar-refractivity contribution in [3.05, 3.63) is 72.3 Å². The highest BCUT2D eigenvalue weighted by Gasteiger charge is 2.28. The van der Waals surface area contributed by atoms with Crippen LogP contribution in [0.25, 0.3) is 22.3 Å². The summed E-state index contributed by atoms with van der Waals surface area (Å²) in [6.07, 6.45) is 5.14. The fourth-order valence-electron chi connectivity index (χ4n) is 4.67. The number of amides is 1. The lowest BCUT2D eigenvalue weighted by molar-refractivity contribution is -0.117. The van der Waals surface area contributed by atoms with Crippen molar-refractivity contribution in [2.45, 2.75) is 37.8 Å². The van der Waals surface area contributed by atoms with E-state index in [1.165, 1.54) is 24.5 Å². The molecule has 0 saturated heterocycles. The SMILES string of the molecule is C=CC(=O)NC1CCC(n2nc(-c3ccc(Oc4c(F)c(F)cc(F)c4F)cc3F)c3c(N)ncnc32)CC1. The first kappa shape index (κ1) is 26.1. The molecule has 3 N–H and O–H groups in total. The first-order valence-corrected chi connectivity index (χ1v) is 11.9. The number of nitrogen functional groups attached to an aromatic ring is 1. The second kappa shape index (κ2) is 10.3. The van der Waals surface area contributed by atoms with Crippen LogP contribution in [-0.2, 0) is 4.79 Å². The molecule has 2 aromatic carbocycles. The van der Waals surface area contributed by atoms with Crippen LogP contribution in [0.15, 0.2) is 43.2 Å². The molecule has 1 aliphatic carbocycles. The van der Waals surface area contributed by atoms with Crippen LogP contribution in [0, 0.1) is 29.1 Å². The molecule has 0 unspecified atom stereocenters. The van der Waals surface area contributed by atoms with Gasteiger partial charge in [0, 0.05) is 23.7 Å². The Morgan fingerprint density at radius 3 is 2.36 bits per heavy atom. The van der Waals surface area contributed by atoms with Crippen LogP contribution < -0.4 is 15.8 Å². The van der Waals surface area contributed by atoms with Crippen molar-refractivity contribution in [2.75, 3.05) is 5.73 Å². The molecule has 13 heteroatoms. The van der Waals surface area contributed by atoms with Crippen LogP contribution in [0.5, 0.6) is 11.5 Å². The molecular weight excluding hydrogens is 523 g/mol. The minimum atomic E-state index is -1.76. The minimum absolute atomic E-state index is 0.0148. The van der Waals surface area contributed by atoms with Crippen LogP contribution >= 0.6 is 0 Å². The van der Waals surface area contributed by atoms with Gasteiger partial charge in [0.1, 0.15) is 29.4 Å². The molecule has 5 rings (SSSR count). The molecule has 0 atom stereocenters. The fraction of sp³-hybridized carbons (Fsp3) is 0.231. The Morgan fingerprint density at radius 2 is 1.72 bits per heavy atom. The zero-order valence-corrected chi connectivity index (χ0v) is 20.2. The molecule has 0 bridgehead atoms. The summed E-state index contributed by atoms with van der Waals surface area (Å²) in [6, 6.07) is 3.11. The Bertz CT molecular complexity index is 1570. The van der Waals surface area contributed by atoms with E-state index in [9.17, 15) is 22.4 Å². The first-order valence-electron chi connectivity index (χ1n) is 11.9. The Labute approximate surface area is 218 Å². The maximum absolute atomic E-state index is 15.3. The molecule has 1 amide bonds. The van der Waals surface area contributed by atoms with E-state index in [1.807, 2.05) is 0 Å². The number of halogens is 5. The van der Waals surface area contributed by atoms with Crippen molar-refractivity contribution in [1.82, 2.24) is 25.1 Å². The molecule has 1 fully saturated rings. The second-order valence-corrected chi connectivity index (χ2v) is 9.01. The Balaban J connectivity index is 1.47. The van der Waals surface area contributed by atoms with Gasteiger partial charge in [-0.1, -0.05) is 6.58 Å². The van der Waals surface area contributed by atoms with Gasteiger partial charge in [-0.15, -0.1) is 0 Å². The zero-order valence-electron chi connectivity index (χ0n) is 20.2. The maximum Gasteiger partial charge on any atom is 0.243 e. The normalized spacial score (nSPS) is 17.3. The largest absolute Gasteiger partial charge is 0.451 e. The number of hydrogen-bond donors (Lipinski definition) is 2. The topological polar surface area (TPSA) is 108 Å². The van der Waals surface area contributed by atoms with E-state index in [-0.39, 0.29) is 41.1 Å². The van der Waals surface area contributed by atoms with Crippen molar-refractivity contribution in [2.24, 2.45) is 0 Å². The van der Waals surface area contributed by atoms with Crippen LogP contribution in [0.2, 0.25) is 0 Å². The summed E-state index contributed by atoms with van der Waals surface area (Å²) in [5, 5.41) is 7.78. The average molecular weight is 544 g/mol. The number of nitrogens with zero attached hydrogens (tertiary/aromatic N) is 4. The van der Waals surface area contributed by atoms with Gasteiger partial charge in [-0.2, -0.15) is 13.9 Å². The van der Waals surface area contributed by atoms with Gasteiger partial charge >= 0.3 is 0 Å². The number of anilines is 1. The molecule has 1 saturated carbocycles. The highest BCUT2D eigenvalue weighted by atomic mass is 19.2. The summed E-state index contributed by atoms with van der Waals surface area (Å²) < 4.78 is 77.0. The van der Waals surface area contributed by atoms with Gasteiger partial charge in [0.2, 0.25) is 23.3 Å². The third-order valence-corrected chi connectivity index (χ3v) is 6.58. The molecule has 2 heterocycles. The third kappa shape index (κ3) is 4.87. The van der Waals surface area contributed by atoms with E-state index in [2.05, 4.69) is 27.0 Å². The molecule has 1 aliphatic rings. The summed E-state index contributed by atoms with van der Waals surface area (Å²) in [4.78, 5) is 19.9. The quantitative estimate of drug-likeness (QED) is 0.193. The van der Waals surface area contributed by atoms with Crippen molar-refractivity contribution in [3.63, 3.8) is 0 Å². The first-order chi connectivity index (χ1) is 18.7. The lowest BCUT2D eigenvalue weighted by Gasteiger charge is -2.29. The molecular formula is C26H21F5N6O2. The Hall–Kier alpha value is -4.55. The molecule has 0 radical (unpaired) electrons. The highest BCUT2D eigenvalue weighted by molar-refractivity contribution is 5.98.